The molecule has 0 aliphatic heterocycles. The van der Waals surface area contributed by atoms with Crippen LogP contribution in [0.5, 0.6) is 0 Å². The molecule has 5 rings (SSSR count). The number of pyridine rings is 1. The molecule has 1 atom stereocenters. The number of rotatable bonds is 6. The van der Waals surface area contributed by atoms with Gasteiger partial charge in [0.05, 0.1) is 23.5 Å². The summed E-state index contributed by atoms with van der Waals surface area (Å²) in [6.07, 6.45) is 5.71. The first kappa shape index (κ1) is 19.2. The van der Waals surface area contributed by atoms with Crippen molar-refractivity contribution in [3.8, 4) is 0 Å². The van der Waals surface area contributed by atoms with Gasteiger partial charge in [-0.1, -0.05) is 12.1 Å². The fourth-order valence-electron chi connectivity index (χ4n) is 3.53. The molecule has 1 aliphatic carbocycles. The molecule has 8 nitrogen and oxygen atoms in total. The summed E-state index contributed by atoms with van der Waals surface area (Å²) in [5.41, 5.74) is 5.61. The number of carbonyl (C=O) groups excluding carboxylic acids is 1. The van der Waals surface area contributed by atoms with Crippen LogP contribution >= 0.6 is 0 Å². The number of benzene rings is 1. The maximum absolute atomic E-state index is 12.6. The average Bonchev–Trinajstić information content (AvgIpc) is 3.58. The molecule has 0 spiro atoms. The van der Waals surface area contributed by atoms with E-state index in [1.807, 2.05) is 50.2 Å². The molecule has 1 saturated carbocycles. The van der Waals surface area contributed by atoms with E-state index >= 15 is 0 Å². The molecule has 1 amide bonds. The lowest BCUT2D eigenvalue weighted by molar-refractivity contribution is 0.102. The van der Waals surface area contributed by atoms with E-state index < -0.39 is 0 Å². The number of H-pyrrole nitrogens is 1. The van der Waals surface area contributed by atoms with E-state index in [0.717, 1.165) is 28.2 Å². The molecule has 3 N–H and O–H groups in total. The second-order valence-corrected chi connectivity index (χ2v) is 7.97. The quantitative estimate of drug-likeness (QED) is 0.433. The summed E-state index contributed by atoms with van der Waals surface area (Å²) in [6, 6.07) is 11.5. The van der Waals surface area contributed by atoms with Crippen LogP contribution in [0.2, 0.25) is 0 Å². The van der Waals surface area contributed by atoms with Gasteiger partial charge >= 0.3 is 0 Å². The fourth-order valence-corrected chi connectivity index (χ4v) is 3.53. The average molecular weight is 413 g/mol. The Balaban J connectivity index is 1.28. The largest absolute Gasteiger partial charge is 0.362 e. The van der Waals surface area contributed by atoms with Gasteiger partial charge in [0, 0.05) is 23.5 Å². The number of amides is 1. The summed E-state index contributed by atoms with van der Waals surface area (Å²) in [7, 11) is 0. The van der Waals surface area contributed by atoms with E-state index in [4.69, 9.17) is 0 Å². The molecule has 4 aromatic rings. The molecule has 3 heterocycles. The predicted octanol–water partition coefficient (Wildman–Crippen LogP) is 4.36. The highest BCUT2D eigenvalue weighted by atomic mass is 16.1. The fraction of sp³-hybridized carbons (Fsp3) is 0.261. The summed E-state index contributed by atoms with van der Waals surface area (Å²) >= 11 is 0. The molecule has 3 aromatic heterocycles. The lowest BCUT2D eigenvalue weighted by atomic mass is 10.1. The van der Waals surface area contributed by atoms with Gasteiger partial charge in [0.15, 0.2) is 5.65 Å². The Morgan fingerprint density at radius 3 is 2.81 bits per heavy atom. The van der Waals surface area contributed by atoms with Gasteiger partial charge in [-0.15, -0.1) is 0 Å². The Morgan fingerprint density at radius 2 is 2.03 bits per heavy atom. The first-order valence-corrected chi connectivity index (χ1v) is 10.4. The summed E-state index contributed by atoms with van der Waals surface area (Å²) in [5.74, 6) is 1.07. The molecule has 156 valence electrons. The van der Waals surface area contributed by atoms with Gasteiger partial charge in [-0.3, -0.25) is 14.9 Å². The number of aromatic amines is 1. The minimum Gasteiger partial charge on any atom is -0.362 e. The second-order valence-electron chi connectivity index (χ2n) is 7.97. The molecule has 8 heteroatoms. The zero-order valence-electron chi connectivity index (χ0n) is 17.4. The normalized spacial score (nSPS) is 14.4. The monoisotopic (exact) mass is 413 g/mol. The number of carbonyl (C=O) groups is 1. The van der Waals surface area contributed by atoms with E-state index in [0.29, 0.717) is 22.9 Å². The van der Waals surface area contributed by atoms with Gasteiger partial charge in [0.2, 0.25) is 0 Å². The molecular weight excluding hydrogens is 390 g/mol. The van der Waals surface area contributed by atoms with Crippen molar-refractivity contribution in [2.24, 2.45) is 0 Å². The van der Waals surface area contributed by atoms with Crippen LogP contribution in [-0.4, -0.2) is 31.1 Å². The molecule has 0 radical (unpaired) electrons. The van der Waals surface area contributed by atoms with Crippen LogP contribution in [-0.2, 0) is 0 Å². The van der Waals surface area contributed by atoms with E-state index in [2.05, 4.69) is 35.8 Å². The maximum Gasteiger partial charge on any atom is 0.257 e. The van der Waals surface area contributed by atoms with Gasteiger partial charge < -0.3 is 10.6 Å². The van der Waals surface area contributed by atoms with E-state index in [1.165, 1.54) is 12.8 Å². The maximum atomic E-state index is 12.6. The highest BCUT2D eigenvalue weighted by molar-refractivity contribution is 6.04. The second kappa shape index (κ2) is 7.79. The van der Waals surface area contributed by atoms with Crippen LogP contribution in [0.1, 0.15) is 59.0 Å². The third-order valence-corrected chi connectivity index (χ3v) is 5.49. The van der Waals surface area contributed by atoms with Crippen LogP contribution in [0.4, 0.5) is 11.5 Å². The van der Waals surface area contributed by atoms with Crippen molar-refractivity contribution in [1.29, 1.82) is 0 Å². The van der Waals surface area contributed by atoms with Gasteiger partial charge in [-0.05, 0) is 56.5 Å². The minimum atomic E-state index is -0.167. The predicted molar refractivity (Wildman–Crippen MR) is 119 cm³/mol. The Morgan fingerprint density at radius 1 is 1.16 bits per heavy atom. The van der Waals surface area contributed by atoms with Crippen LogP contribution in [0.15, 0.2) is 48.8 Å². The van der Waals surface area contributed by atoms with Gasteiger partial charge in [-0.2, -0.15) is 5.10 Å². The SMILES string of the molecule is Cc1[nH]nc2ncc(N[C@@H](C)c3cccc(NC(=O)c4ccc(C5CC5)nc4)c3)nc12. The number of nitrogens with one attached hydrogen (secondary N) is 3. The molecule has 0 bridgehead atoms. The lowest BCUT2D eigenvalue weighted by Crippen LogP contribution is -2.13. The number of aryl methyl sites for hydroxylation is 1. The first-order chi connectivity index (χ1) is 15.1. The Bertz CT molecular complexity index is 1240. The summed E-state index contributed by atoms with van der Waals surface area (Å²) in [5, 5.41) is 13.3. The highest BCUT2D eigenvalue weighted by Gasteiger charge is 2.24. The summed E-state index contributed by atoms with van der Waals surface area (Å²) in [6.45, 7) is 3.95. The number of hydrogen-bond acceptors (Lipinski definition) is 6. The zero-order chi connectivity index (χ0) is 21.4. The van der Waals surface area contributed by atoms with Crippen molar-refractivity contribution in [3.05, 3.63) is 71.3 Å². The van der Waals surface area contributed by atoms with Crippen LogP contribution < -0.4 is 10.6 Å². The van der Waals surface area contributed by atoms with Crippen molar-refractivity contribution in [1.82, 2.24) is 25.1 Å². The molecule has 0 unspecified atom stereocenters. The molecular formula is C23H23N7O. The number of hydrogen-bond donors (Lipinski definition) is 3. The molecule has 1 aliphatic rings. The van der Waals surface area contributed by atoms with Crippen molar-refractivity contribution in [3.63, 3.8) is 0 Å². The van der Waals surface area contributed by atoms with E-state index in [-0.39, 0.29) is 11.9 Å². The lowest BCUT2D eigenvalue weighted by Gasteiger charge is -2.16. The Kier molecular flexibility index (Phi) is 4.82. The van der Waals surface area contributed by atoms with Crippen molar-refractivity contribution < 1.29 is 4.79 Å². The third kappa shape index (κ3) is 4.09. The van der Waals surface area contributed by atoms with Gasteiger partial charge in [-0.25, -0.2) is 9.97 Å². The van der Waals surface area contributed by atoms with Crippen molar-refractivity contribution >= 4 is 28.6 Å². The summed E-state index contributed by atoms with van der Waals surface area (Å²) in [4.78, 5) is 26.0. The highest BCUT2D eigenvalue weighted by Crippen LogP contribution is 2.38. The topological polar surface area (TPSA) is 108 Å². The van der Waals surface area contributed by atoms with Crippen molar-refractivity contribution in [2.45, 2.75) is 38.6 Å². The summed E-state index contributed by atoms with van der Waals surface area (Å²) < 4.78 is 0. The van der Waals surface area contributed by atoms with Gasteiger partial charge in [0.1, 0.15) is 11.3 Å². The Hall–Kier alpha value is -3.81. The molecule has 31 heavy (non-hydrogen) atoms. The standard InChI is InChI=1S/C23H23N7O/c1-13(26-20-12-25-22-21(28-20)14(2)29-30-22)16-4-3-5-18(10-16)27-23(31)17-8-9-19(24-11-17)15-6-7-15/h3-5,8-13,15H,6-7H2,1-2H3,(H,26,28)(H,27,31)(H,25,29,30)/t13-/m0/s1. The van der Waals surface area contributed by atoms with Crippen LogP contribution in [0.3, 0.4) is 0 Å². The molecule has 0 saturated heterocycles. The number of fused-ring (bicyclic) bond motifs is 1. The van der Waals surface area contributed by atoms with Gasteiger partial charge in [0.25, 0.3) is 5.91 Å². The molecule has 1 fully saturated rings. The number of aromatic nitrogens is 5. The Labute approximate surface area is 179 Å². The van der Waals surface area contributed by atoms with E-state index in [9.17, 15) is 4.79 Å². The number of nitrogens with zero attached hydrogens (tertiary/aromatic N) is 4. The van der Waals surface area contributed by atoms with Crippen LogP contribution in [0, 0.1) is 6.92 Å². The van der Waals surface area contributed by atoms with Crippen LogP contribution in [0.25, 0.3) is 11.2 Å². The smallest absolute Gasteiger partial charge is 0.257 e. The third-order valence-electron chi connectivity index (χ3n) is 5.49. The first-order valence-electron chi connectivity index (χ1n) is 10.4. The van der Waals surface area contributed by atoms with Crippen molar-refractivity contribution in [2.75, 3.05) is 10.6 Å². The zero-order valence-corrected chi connectivity index (χ0v) is 17.4. The molecule has 1 aromatic carbocycles. The number of anilines is 2. The van der Waals surface area contributed by atoms with E-state index in [1.54, 1.807) is 12.4 Å². The minimum absolute atomic E-state index is 0.0321.